The van der Waals surface area contributed by atoms with Crippen molar-refractivity contribution in [1.82, 2.24) is 5.32 Å². The van der Waals surface area contributed by atoms with E-state index in [1.54, 1.807) is 0 Å². The number of furan rings is 1. The molecule has 1 aromatic heterocycles. The predicted molar refractivity (Wildman–Crippen MR) is 70.4 cm³/mol. The molecule has 1 amide bonds. The highest BCUT2D eigenvalue weighted by molar-refractivity contribution is 5.94. The van der Waals surface area contributed by atoms with Crippen LogP contribution in [0.2, 0.25) is 0 Å². The van der Waals surface area contributed by atoms with Gasteiger partial charge in [-0.25, -0.2) is 0 Å². The zero-order chi connectivity index (χ0) is 13.0. The van der Waals surface area contributed by atoms with Crippen molar-refractivity contribution in [1.29, 1.82) is 0 Å². The zero-order valence-electron chi connectivity index (χ0n) is 10.7. The molecule has 94 valence electrons. The van der Waals surface area contributed by atoms with E-state index in [0.29, 0.717) is 12.1 Å². The van der Waals surface area contributed by atoms with E-state index in [1.807, 2.05) is 43.3 Å². The topological polar surface area (TPSA) is 42.2 Å². The van der Waals surface area contributed by atoms with E-state index in [2.05, 4.69) is 12.2 Å². The Morgan fingerprint density at radius 1 is 1.28 bits per heavy atom. The van der Waals surface area contributed by atoms with Crippen LogP contribution in [0.15, 0.2) is 40.8 Å². The van der Waals surface area contributed by atoms with Crippen LogP contribution in [-0.2, 0) is 13.0 Å². The minimum atomic E-state index is -0.0700. The van der Waals surface area contributed by atoms with Crippen LogP contribution in [0.25, 0.3) is 0 Å². The summed E-state index contributed by atoms with van der Waals surface area (Å²) in [4.78, 5) is 11.9. The van der Waals surface area contributed by atoms with E-state index in [1.165, 1.54) is 0 Å². The number of benzene rings is 1. The number of nitrogens with one attached hydrogen (secondary N) is 1. The molecule has 0 spiro atoms. The molecule has 0 aliphatic heterocycles. The molecule has 0 saturated carbocycles. The van der Waals surface area contributed by atoms with Crippen LogP contribution in [0.5, 0.6) is 0 Å². The number of aryl methyl sites for hydroxylation is 2. The molecule has 0 unspecified atom stereocenters. The first-order valence-corrected chi connectivity index (χ1v) is 6.11. The van der Waals surface area contributed by atoms with Gasteiger partial charge < -0.3 is 9.73 Å². The molecule has 3 heteroatoms. The number of amides is 1. The van der Waals surface area contributed by atoms with Gasteiger partial charge in [-0.15, -0.1) is 0 Å². The van der Waals surface area contributed by atoms with Crippen LogP contribution >= 0.6 is 0 Å². The summed E-state index contributed by atoms with van der Waals surface area (Å²) in [6, 6.07) is 11.4. The molecule has 0 aliphatic carbocycles. The van der Waals surface area contributed by atoms with Gasteiger partial charge in [0.15, 0.2) is 0 Å². The van der Waals surface area contributed by atoms with Crippen molar-refractivity contribution in [3.63, 3.8) is 0 Å². The molecule has 3 nitrogen and oxygen atoms in total. The van der Waals surface area contributed by atoms with Crippen molar-refractivity contribution in [3.05, 3.63) is 59.0 Å². The molecule has 18 heavy (non-hydrogen) atoms. The summed E-state index contributed by atoms with van der Waals surface area (Å²) in [6.07, 6.45) is 0.929. The van der Waals surface area contributed by atoms with Gasteiger partial charge in [0.25, 0.3) is 5.91 Å². The molecular weight excluding hydrogens is 226 g/mol. The van der Waals surface area contributed by atoms with Crippen LogP contribution in [-0.4, -0.2) is 5.91 Å². The average molecular weight is 243 g/mol. The summed E-state index contributed by atoms with van der Waals surface area (Å²) < 4.78 is 5.40. The van der Waals surface area contributed by atoms with Crippen LogP contribution in [0, 0.1) is 6.92 Å². The molecule has 0 bridgehead atoms. The van der Waals surface area contributed by atoms with Gasteiger partial charge in [0.1, 0.15) is 11.5 Å². The molecule has 1 N–H and O–H groups in total. The Balaban J connectivity index is 1.99. The summed E-state index contributed by atoms with van der Waals surface area (Å²) in [7, 11) is 0. The van der Waals surface area contributed by atoms with E-state index in [-0.39, 0.29) is 5.91 Å². The molecule has 0 aliphatic rings. The number of carbonyl (C=O) groups excluding carboxylic acids is 1. The fourth-order valence-corrected chi connectivity index (χ4v) is 1.78. The second kappa shape index (κ2) is 5.54. The Hall–Kier alpha value is -2.03. The Bertz CT molecular complexity index is 543. The first-order valence-electron chi connectivity index (χ1n) is 6.11. The van der Waals surface area contributed by atoms with Gasteiger partial charge in [0, 0.05) is 5.56 Å². The lowest BCUT2D eigenvalue weighted by molar-refractivity contribution is 0.0948. The zero-order valence-corrected chi connectivity index (χ0v) is 10.7. The van der Waals surface area contributed by atoms with E-state index in [9.17, 15) is 4.79 Å². The largest absolute Gasteiger partial charge is 0.465 e. The van der Waals surface area contributed by atoms with Gasteiger partial charge in [-0.1, -0.05) is 19.1 Å². The van der Waals surface area contributed by atoms with Crippen LogP contribution in [0.4, 0.5) is 0 Å². The first kappa shape index (κ1) is 12.4. The molecular formula is C15H17NO2. The maximum Gasteiger partial charge on any atom is 0.251 e. The normalized spacial score (nSPS) is 10.3. The van der Waals surface area contributed by atoms with Crippen LogP contribution < -0.4 is 5.32 Å². The smallest absolute Gasteiger partial charge is 0.251 e. The second-order valence-corrected chi connectivity index (χ2v) is 4.25. The van der Waals surface area contributed by atoms with Gasteiger partial charge in [-0.05, 0) is 43.2 Å². The van der Waals surface area contributed by atoms with Crippen molar-refractivity contribution in [2.75, 3.05) is 0 Å². The highest BCUT2D eigenvalue weighted by Gasteiger charge is 2.06. The minimum Gasteiger partial charge on any atom is -0.465 e. The molecule has 1 heterocycles. The standard InChI is InChI=1S/C15H17NO2/c1-3-12-5-4-6-13(9-12)15(17)16-10-14-8-7-11(2)18-14/h4-9H,3,10H2,1-2H3,(H,16,17). The highest BCUT2D eigenvalue weighted by Crippen LogP contribution is 2.08. The Morgan fingerprint density at radius 3 is 2.78 bits per heavy atom. The van der Waals surface area contributed by atoms with E-state index < -0.39 is 0 Å². The van der Waals surface area contributed by atoms with Gasteiger partial charge in [-0.2, -0.15) is 0 Å². The Labute approximate surface area is 107 Å². The lowest BCUT2D eigenvalue weighted by Crippen LogP contribution is -2.22. The minimum absolute atomic E-state index is 0.0700. The second-order valence-electron chi connectivity index (χ2n) is 4.25. The number of hydrogen-bond donors (Lipinski definition) is 1. The maximum atomic E-state index is 11.9. The summed E-state index contributed by atoms with van der Waals surface area (Å²) >= 11 is 0. The van der Waals surface area contributed by atoms with Crippen molar-refractivity contribution in [2.24, 2.45) is 0 Å². The third kappa shape index (κ3) is 3.00. The van der Waals surface area contributed by atoms with Gasteiger partial charge in [0.05, 0.1) is 6.54 Å². The molecule has 0 atom stereocenters. The monoisotopic (exact) mass is 243 g/mol. The lowest BCUT2D eigenvalue weighted by Gasteiger charge is -2.05. The number of rotatable bonds is 4. The molecule has 0 fully saturated rings. The molecule has 1 aromatic carbocycles. The van der Waals surface area contributed by atoms with E-state index in [4.69, 9.17) is 4.42 Å². The summed E-state index contributed by atoms with van der Waals surface area (Å²) in [5.74, 6) is 1.55. The van der Waals surface area contributed by atoms with Gasteiger partial charge in [0.2, 0.25) is 0 Å². The SMILES string of the molecule is CCc1cccc(C(=O)NCc2ccc(C)o2)c1. The Kier molecular flexibility index (Phi) is 3.82. The molecule has 2 aromatic rings. The maximum absolute atomic E-state index is 11.9. The van der Waals surface area contributed by atoms with E-state index >= 15 is 0 Å². The fourth-order valence-electron chi connectivity index (χ4n) is 1.78. The third-order valence-electron chi connectivity index (χ3n) is 2.82. The predicted octanol–water partition coefficient (Wildman–Crippen LogP) is 3.08. The van der Waals surface area contributed by atoms with E-state index in [0.717, 1.165) is 23.5 Å². The first-order chi connectivity index (χ1) is 8.69. The van der Waals surface area contributed by atoms with Crippen molar-refractivity contribution >= 4 is 5.91 Å². The fraction of sp³-hybridized carbons (Fsp3) is 0.267. The quantitative estimate of drug-likeness (QED) is 0.896. The number of carbonyl (C=O) groups is 1. The molecule has 2 rings (SSSR count). The van der Waals surface area contributed by atoms with Crippen LogP contribution in [0.3, 0.4) is 0 Å². The Morgan fingerprint density at radius 2 is 2.11 bits per heavy atom. The third-order valence-corrected chi connectivity index (χ3v) is 2.82. The molecule has 0 radical (unpaired) electrons. The van der Waals surface area contributed by atoms with Crippen molar-refractivity contribution in [2.45, 2.75) is 26.8 Å². The average Bonchev–Trinajstić information content (AvgIpc) is 2.82. The van der Waals surface area contributed by atoms with Crippen molar-refractivity contribution in [3.8, 4) is 0 Å². The summed E-state index contributed by atoms with van der Waals surface area (Å²) in [5, 5.41) is 2.85. The van der Waals surface area contributed by atoms with Gasteiger partial charge >= 0.3 is 0 Å². The summed E-state index contributed by atoms with van der Waals surface area (Å²) in [5.41, 5.74) is 1.86. The van der Waals surface area contributed by atoms with Crippen LogP contribution in [0.1, 0.15) is 34.4 Å². The highest BCUT2D eigenvalue weighted by atomic mass is 16.3. The number of hydrogen-bond acceptors (Lipinski definition) is 2. The molecule has 0 saturated heterocycles. The lowest BCUT2D eigenvalue weighted by atomic mass is 10.1. The van der Waals surface area contributed by atoms with Crippen molar-refractivity contribution < 1.29 is 9.21 Å². The summed E-state index contributed by atoms with van der Waals surface area (Å²) in [6.45, 7) is 4.38. The van der Waals surface area contributed by atoms with Gasteiger partial charge in [-0.3, -0.25) is 4.79 Å².